The van der Waals surface area contributed by atoms with Crippen LogP contribution in [-0.2, 0) is 0 Å². The van der Waals surface area contributed by atoms with E-state index in [4.69, 9.17) is 5.73 Å². The minimum atomic E-state index is 0.308. The van der Waals surface area contributed by atoms with E-state index in [2.05, 4.69) is 30.8 Å². The Morgan fingerprint density at radius 3 is 2.77 bits per heavy atom. The molecule has 0 bridgehead atoms. The molecule has 0 aromatic rings. The number of nitrogens with zero attached hydrogens (tertiary/aromatic N) is 2. The highest BCUT2D eigenvalue weighted by Gasteiger charge is 2.24. The third-order valence-corrected chi connectivity index (χ3v) is 2.60. The Morgan fingerprint density at radius 1 is 1.54 bits per heavy atom. The molecule has 0 radical (unpaired) electrons. The predicted molar refractivity (Wildman–Crippen MR) is 56.8 cm³/mol. The van der Waals surface area contributed by atoms with Crippen molar-refractivity contribution in [1.82, 2.24) is 9.80 Å². The first-order chi connectivity index (χ1) is 6.09. The molecule has 0 amide bonds. The first kappa shape index (κ1) is 11.0. The second-order valence-electron chi connectivity index (χ2n) is 4.53. The van der Waals surface area contributed by atoms with Crippen molar-refractivity contribution < 1.29 is 0 Å². The third-order valence-electron chi connectivity index (χ3n) is 2.60. The lowest BCUT2D eigenvalue weighted by Crippen LogP contribution is -2.42. The van der Waals surface area contributed by atoms with Gasteiger partial charge in [0.05, 0.1) is 0 Å². The van der Waals surface area contributed by atoms with Crippen LogP contribution in [-0.4, -0.2) is 55.6 Å². The SMILES string of the molecule is C[C@H](N)CN1CCCC1CN(C)C. The summed E-state index contributed by atoms with van der Waals surface area (Å²) >= 11 is 0. The summed E-state index contributed by atoms with van der Waals surface area (Å²) in [7, 11) is 4.28. The predicted octanol–water partition coefficient (Wildman–Crippen LogP) is 0.360. The molecule has 0 aromatic carbocycles. The van der Waals surface area contributed by atoms with Gasteiger partial charge in [-0.05, 0) is 40.4 Å². The van der Waals surface area contributed by atoms with Crippen LogP contribution in [0.4, 0.5) is 0 Å². The number of hydrogen-bond acceptors (Lipinski definition) is 3. The summed E-state index contributed by atoms with van der Waals surface area (Å²) < 4.78 is 0. The van der Waals surface area contributed by atoms with Gasteiger partial charge in [0.15, 0.2) is 0 Å². The van der Waals surface area contributed by atoms with Crippen LogP contribution in [0.1, 0.15) is 19.8 Å². The second kappa shape index (κ2) is 4.94. The van der Waals surface area contributed by atoms with E-state index in [0.717, 1.165) is 12.6 Å². The maximum absolute atomic E-state index is 5.81. The van der Waals surface area contributed by atoms with E-state index in [1.165, 1.54) is 25.9 Å². The molecule has 0 aliphatic carbocycles. The zero-order valence-electron chi connectivity index (χ0n) is 9.16. The topological polar surface area (TPSA) is 32.5 Å². The lowest BCUT2D eigenvalue weighted by Gasteiger charge is -2.28. The molecular weight excluding hydrogens is 162 g/mol. The van der Waals surface area contributed by atoms with Gasteiger partial charge in [0.1, 0.15) is 0 Å². The second-order valence-corrected chi connectivity index (χ2v) is 4.53. The zero-order chi connectivity index (χ0) is 9.84. The average molecular weight is 185 g/mol. The molecular formula is C10H23N3. The summed E-state index contributed by atoms with van der Waals surface area (Å²) in [6, 6.07) is 1.05. The van der Waals surface area contributed by atoms with E-state index >= 15 is 0 Å². The summed E-state index contributed by atoms with van der Waals surface area (Å²) in [5.74, 6) is 0. The van der Waals surface area contributed by atoms with E-state index in [1.54, 1.807) is 0 Å². The summed E-state index contributed by atoms with van der Waals surface area (Å²) in [5.41, 5.74) is 5.81. The molecule has 1 rings (SSSR count). The fourth-order valence-electron chi connectivity index (χ4n) is 2.13. The largest absolute Gasteiger partial charge is 0.327 e. The molecule has 1 heterocycles. The first-order valence-electron chi connectivity index (χ1n) is 5.24. The number of likely N-dealkylation sites (N-methyl/N-ethyl adjacent to an activating group) is 1. The minimum Gasteiger partial charge on any atom is -0.327 e. The number of nitrogens with two attached hydrogens (primary N) is 1. The van der Waals surface area contributed by atoms with Crippen molar-refractivity contribution in [2.45, 2.75) is 31.8 Å². The van der Waals surface area contributed by atoms with Crippen LogP contribution >= 0.6 is 0 Å². The van der Waals surface area contributed by atoms with Gasteiger partial charge in [-0.15, -0.1) is 0 Å². The Balaban J connectivity index is 2.35. The molecule has 2 atom stereocenters. The maximum atomic E-state index is 5.81. The summed E-state index contributed by atoms with van der Waals surface area (Å²) in [6.45, 7) is 5.55. The molecule has 1 unspecified atom stereocenters. The van der Waals surface area contributed by atoms with E-state index in [1.807, 2.05) is 0 Å². The van der Waals surface area contributed by atoms with Crippen LogP contribution in [0.3, 0.4) is 0 Å². The molecule has 13 heavy (non-hydrogen) atoms. The molecule has 1 saturated heterocycles. The van der Waals surface area contributed by atoms with Gasteiger partial charge in [-0.2, -0.15) is 0 Å². The Morgan fingerprint density at radius 2 is 2.23 bits per heavy atom. The van der Waals surface area contributed by atoms with Crippen molar-refractivity contribution in [1.29, 1.82) is 0 Å². The van der Waals surface area contributed by atoms with Crippen LogP contribution in [0.5, 0.6) is 0 Å². The molecule has 78 valence electrons. The van der Waals surface area contributed by atoms with Gasteiger partial charge >= 0.3 is 0 Å². The van der Waals surface area contributed by atoms with Gasteiger partial charge in [0.25, 0.3) is 0 Å². The quantitative estimate of drug-likeness (QED) is 0.686. The van der Waals surface area contributed by atoms with Crippen LogP contribution in [0.15, 0.2) is 0 Å². The van der Waals surface area contributed by atoms with Gasteiger partial charge in [-0.1, -0.05) is 0 Å². The normalized spacial score (nSPS) is 27.0. The van der Waals surface area contributed by atoms with Crippen molar-refractivity contribution >= 4 is 0 Å². The van der Waals surface area contributed by atoms with Gasteiger partial charge in [0.2, 0.25) is 0 Å². The zero-order valence-corrected chi connectivity index (χ0v) is 9.16. The van der Waals surface area contributed by atoms with Gasteiger partial charge in [0, 0.05) is 25.2 Å². The van der Waals surface area contributed by atoms with Crippen LogP contribution in [0.2, 0.25) is 0 Å². The van der Waals surface area contributed by atoms with Crippen molar-refractivity contribution in [2.75, 3.05) is 33.7 Å². The van der Waals surface area contributed by atoms with Crippen molar-refractivity contribution in [3.8, 4) is 0 Å². The Kier molecular flexibility index (Phi) is 4.16. The van der Waals surface area contributed by atoms with Gasteiger partial charge in [-0.3, -0.25) is 4.90 Å². The van der Waals surface area contributed by atoms with E-state index in [-0.39, 0.29) is 0 Å². The van der Waals surface area contributed by atoms with E-state index in [0.29, 0.717) is 6.04 Å². The number of hydrogen-bond donors (Lipinski definition) is 1. The Bertz CT molecular complexity index is 129. The minimum absolute atomic E-state index is 0.308. The fourth-order valence-corrected chi connectivity index (χ4v) is 2.13. The van der Waals surface area contributed by atoms with Crippen LogP contribution in [0.25, 0.3) is 0 Å². The number of likely N-dealkylation sites (tertiary alicyclic amines) is 1. The first-order valence-corrected chi connectivity index (χ1v) is 5.24. The molecule has 0 aromatic heterocycles. The molecule has 3 heteroatoms. The molecule has 1 aliphatic rings. The standard InChI is InChI=1S/C10H23N3/c1-9(11)7-13-6-4-5-10(13)8-12(2)3/h9-10H,4-8,11H2,1-3H3/t9-,10?/m0/s1. The lowest BCUT2D eigenvalue weighted by atomic mass is 10.2. The van der Waals surface area contributed by atoms with Crippen LogP contribution in [0, 0.1) is 0 Å². The maximum Gasteiger partial charge on any atom is 0.0224 e. The molecule has 3 nitrogen and oxygen atoms in total. The monoisotopic (exact) mass is 185 g/mol. The van der Waals surface area contributed by atoms with Gasteiger partial charge < -0.3 is 10.6 Å². The Hall–Kier alpha value is -0.120. The Labute approximate surface area is 81.9 Å². The molecule has 1 fully saturated rings. The fraction of sp³-hybridized carbons (Fsp3) is 1.00. The van der Waals surface area contributed by atoms with Gasteiger partial charge in [-0.25, -0.2) is 0 Å². The highest BCUT2D eigenvalue weighted by atomic mass is 15.2. The molecule has 0 spiro atoms. The highest BCUT2D eigenvalue weighted by molar-refractivity contribution is 4.82. The molecule has 2 N–H and O–H groups in total. The van der Waals surface area contributed by atoms with E-state index in [9.17, 15) is 0 Å². The number of rotatable bonds is 4. The summed E-state index contributed by atoms with van der Waals surface area (Å²) in [4.78, 5) is 4.80. The summed E-state index contributed by atoms with van der Waals surface area (Å²) in [6.07, 6.45) is 2.68. The van der Waals surface area contributed by atoms with Crippen molar-refractivity contribution in [3.05, 3.63) is 0 Å². The van der Waals surface area contributed by atoms with Crippen molar-refractivity contribution in [3.63, 3.8) is 0 Å². The lowest BCUT2D eigenvalue weighted by molar-refractivity contribution is 0.200. The average Bonchev–Trinajstić information content (AvgIpc) is 2.34. The summed E-state index contributed by atoms with van der Waals surface area (Å²) in [5, 5.41) is 0. The smallest absolute Gasteiger partial charge is 0.0224 e. The van der Waals surface area contributed by atoms with E-state index < -0.39 is 0 Å². The molecule has 0 saturated carbocycles. The highest BCUT2D eigenvalue weighted by Crippen LogP contribution is 2.17. The van der Waals surface area contributed by atoms with Crippen LogP contribution < -0.4 is 5.73 Å². The van der Waals surface area contributed by atoms with Crippen molar-refractivity contribution in [2.24, 2.45) is 5.73 Å². The molecule has 1 aliphatic heterocycles. The third kappa shape index (κ3) is 3.63.